The van der Waals surface area contributed by atoms with Gasteiger partial charge >= 0.3 is 0 Å². The van der Waals surface area contributed by atoms with Crippen molar-refractivity contribution >= 4 is 27.7 Å². The van der Waals surface area contributed by atoms with Crippen LogP contribution in [0.3, 0.4) is 0 Å². The fourth-order valence-corrected chi connectivity index (χ4v) is 8.21. The molecule has 2 saturated carbocycles. The van der Waals surface area contributed by atoms with Gasteiger partial charge in [-0.25, -0.2) is 22.2 Å². The molecule has 5 N–H and O–H groups in total. The number of carbonyl (C=O) groups is 3. The summed E-state index contributed by atoms with van der Waals surface area (Å²) >= 11 is 0. The Hall–Kier alpha value is -1.90. The van der Waals surface area contributed by atoms with Crippen LogP contribution < -0.4 is 15.9 Å². The number of hydrogen-bond donors (Lipinski definition) is 4. The fraction of sp³-hybridized carbons (Fsp3) is 0.900. The second kappa shape index (κ2) is 17.7. The van der Waals surface area contributed by atoms with Gasteiger partial charge in [-0.05, 0) is 63.2 Å². The summed E-state index contributed by atoms with van der Waals surface area (Å²) in [6.07, 6.45) is -1.74. The molecule has 11 nitrogen and oxygen atoms in total. The summed E-state index contributed by atoms with van der Waals surface area (Å²) in [5.74, 6) is -3.88. The zero-order valence-electron chi connectivity index (χ0n) is 27.0. The normalized spacial score (nSPS) is 27.6. The fourth-order valence-electron chi connectivity index (χ4n) is 6.71. The number of amides is 3. The highest BCUT2D eigenvalue weighted by Crippen LogP contribution is 2.36. The number of likely N-dealkylation sites (N-methyl/N-ethyl adjacent to an activating group) is 1. The topological polar surface area (TPSA) is 162 Å². The number of primary amides is 1. The third-order valence-electron chi connectivity index (χ3n) is 8.51. The first kappa shape index (κ1) is 38.3. The van der Waals surface area contributed by atoms with Gasteiger partial charge in [0.2, 0.25) is 27.7 Å². The monoisotopic (exact) mass is 651 g/mol. The quantitative estimate of drug-likeness (QED) is 0.176. The Labute approximate surface area is 262 Å². The van der Waals surface area contributed by atoms with Crippen LogP contribution in [0.15, 0.2) is 0 Å². The Morgan fingerprint density at radius 2 is 1.48 bits per heavy atom. The third-order valence-corrected chi connectivity index (χ3v) is 10.2. The number of alkyl halides is 2. The van der Waals surface area contributed by atoms with Crippen LogP contribution >= 0.6 is 0 Å². The van der Waals surface area contributed by atoms with Crippen LogP contribution in [-0.2, 0) is 24.4 Å². The Kier molecular flexibility index (Phi) is 15.4. The molecule has 0 aliphatic heterocycles. The van der Waals surface area contributed by atoms with Crippen LogP contribution in [0, 0.1) is 29.6 Å². The van der Waals surface area contributed by atoms with Crippen molar-refractivity contribution in [2.75, 3.05) is 32.4 Å². The van der Waals surface area contributed by atoms with Crippen molar-refractivity contribution in [3.05, 3.63) is 0 Å². The number of aliphatic hydroxyl groups is 1. The molecule has 256 valence electrons. The van der Waals surface area contributed by atoms with Crippen molar-refractivity contribution in [3.63, 3.8) is 0 Å². The average Bonchev–Trinajstić information content (AvgIpc) is 2.90. The van der Waals surface area contributed by atoms with E-state index in [9.17, 15) is 36.7 Å². The highest BCUT2D eigenvalue weighted by Gasteiger charge is 2.41. The van der Waals surface area contributed by atoms with Gasteiger partial charge in [-0.3, -0.25) is 14.4 Å². The summed E-state index contributed by atoms with van der Waals surface area (Å²) < 4.78 is 53.3. The van der Waals surface area contributed by atoms with Crippen LogP contribution in [-0.4, -0.2) is 98.1 Å². The van der Waals surface area contributed by atoms with Crippen LogP contribution in [0.1, 0.15) is 85.5 Å². The lowest BCUT2D eigenvalue weighted by Gasteiger charge is -2.37. The molecule has 0 heterocycles. The average molecular weight is 652 g/mol. The molecule has 7 atom stereocenters. The molecule has 14 heteroatoms. The first-order valence-corrected chi connectivity index (χ1v) is 17.8. The summed E-state index contributed by atoms with van der Waals surface area (Å²) in [4.78, 5) is 43.6. The highest BCUT2D eigenvalue weighted by atomic mass is 32.2. The molecule has 2 aliphatic carbocycles. The minimum absolute atomic E-state index is 0.0788. The molecule has 0 aromatic heterocycles. The van der Waals surface area contributed by atoms with E-state index < -0.39 is 70.0 Å². The Balaban J connectivity index is 2.24. The smallest absolute Gasteiger partial charge is 0.225 e. The van der Waals surface area contributed by atoms with Gasteiger partial charge in [-0.2, -0.15) is 0 Å². The van der Waals surface area contributed by atoms with Crippen molar-refractivity contribution in [2.24, 2.45) is 35.3 Å². The van der Waals surface area contributed by atoms with E-state index in [4.69, 9.17) is 5.73 Å². The number of nitrogens with two attached hydrogens (primary N) is 1. The lowest BCUT2D eigenvalue weighted by Crippen LogP contribution is -2.54. The minimum atomic E-state index is -3.68. The second-order valence-electron chi connectivity index (χ2n) is 13.4. The molecule has 2 rings (SSSR count). The molecule has 0 spiro atoms. The van der Waals surface area contributed by atoms with Gasteiger partial charge in [0.25, 0.3) is 0 Å². The van der Waals surface area contributed by atoms with E-state index in [1.165, 1.54) is 12.1 Å². The minimum Gasteiger partial charge on any atom is -0.390 e. The van der Waals surface area contributed by atoms with E-state index in [-0.39, 0.29) is 69.1 Å². The largest absolute Gasteiger partial charge is 0.390 e. The maximum Gasteiger partial charge on any atom is 0.225 e. The van der Waals surface area contributed by atoms with E-state index in [0.29, 0.717) is 13.1 Å². The molecule has 0 saturated heterocycles. The lowest BCUT2D eigenvalue weighted by atomic mass is 9.73. The number of halogens is 2. The number of rotatable bonds is 17. The van der Waals surface area contributed by atoms with Crippen molar-refractivity contribution in [2.45, 2.75) is 110 Å². The van der Waals surface area contributed by atoms with Crippen molar-refractivity contribution < 1.29 is 36.7 Å². The van der Waals surface area contributed by atoms with Gasteiger partial charge < -0.3 is 21.1 Å². The summed E-state index contributed by atoms with van der Waals surface area (Å²) in [5.41, 5.74) is 5.65. The van der Waals surface area contributed by atoms with Gasteiger partial charge in [0.15, 0.2) is 0 Å². The molecule has 3 amide bonds. The first-order valence-electron chi connectivity index (χ1n) is 16.1. The highest BCUT2D eigenvalue weighted by molar-refractivity contribution is 7.89. The van der Waals surface area contributed by atoms with Gasteiger partial charge in [0, 0.05) is 50.9 Å². The lowest BCUT2D eigenvalue weighted by molar-refractivity contribution is -0.141. The molecule has 44 heavy (non-hydrogen) atoms. The molecule has 0 aromatic rings. The van der Waals surface area contributed by atoms with Crippen LogP contribution in [0.25, 0.3) is 0 Å². The zero-order valence-corrected chi connectivity index (χ0v) is 27.8. The molecule has 0 aromatic carbocycles. The van der Waals surface area contributed by atoms with Crippen molar-refractivity contribution in [1.29, 1.82) is 0 Å². The van der Waals surface area contributed by atoms with Gasteiger partial charge in [0.1, 0.15) is 12.3 Å². The van der Waals surface area contributed by atoms with Gasteiger partial charge in [-0.1, -0.05) is 27.7 Å². The number of sulfonamides is 1. The van der Waals surface area contributed by atoms with Gasteiger partial charge in [-0.15, -0.1) is 4.83 Å². The van der Waals surface area contributed by atoms with Crippen molar-refractivity contribution in [3.8, 4) is 0 Å². The molecule has 0 bridgehead atoms. The maximum atomic E-state index is 14.2. The Bertz CT molecular complexity index is 1030. The number of carbonyl (C=O) groups excluding carboxylic acids is 3. The summed E-state index contributed by atoms with van der Waals surface area (Å²) in [5, 5.41) is 15.3. The molecule has 2 aliphatic rings. The predicted octanol–water partition coefficient (Wildman–Crippen LogP) is 2.29. The first-order chi connectivity index (χ1) is 20.5. The second-order valence-corrected chi connectivity index (χ2v) is 15.1. The number of aliphatic hydroxyl groups excluding tert-OH is 1. The number of hydrazine groups is 1. The summed E-state index contributed by atoms with van der Waals surface area (Å²) in [6.45, 7) is 8.40. The molecule has 7 unspecified atom stereocenters. The number of hydrogen-bond acceptors (Lipinski definition) is 7. The number of nitrogens with one attached hydrogen (secondary N) is 2. The van der Waals surface area contributed by atoms with E-state index in [1.54, 1.807) is 18.7 Å². The van der Waals surface area contributed by atoms with E-state index in [0.717, 1.165) is 12.8 Å². The zero-order chi connectivity index (χ0) is 33.2. The van der Waals surface area contributed by atoms with E-state index in [2.05, 4.69) is 10.1 Å². The van der Waals surface area contributed by atoms with Crippen LogP contribution in [0.4, 0.5) is 8.78 Å². The molecular weight excluding hydrogens is 596 g/mol. The predicted molar refractivity (Wildman–Crippen MR) is 165 cm³/mol. The Morgan fingerprint density at radius 1 is 0.932 bits per heavy atom. The van der Waals surface area contributed by atoms with Crippen LogP contribution in [0.2, 0.25) is 0 Å². The van der Waals surface area contributed by atoms with Crippen LogP contribution in [0.5, 0.6) is 0 Å². The molecular formula is C30H55F2N5O6S. The van der Waals surface area contributed by atoms with Gasteiger partial charge in [0.05, 0.1) is 17.9 Å². The van der Waals surface area contributed by atoms with Crippen molar-refractivity contribution in [1.82, 2.24) is 20.1 Å². The van der Waals surface area contributed by atoms with E-state index in [1.807, 2.05) is 13.8 Å². The standard InChI is InChI=1S/C30H55F2N5O6S/c1-6-8-37(9-7-2)30(41)23-14-21(28(33)39)13-22(15-23)29(40)34-26(12-20-10-24(31)16-25(32)11-20)27(38)17-36(5)35-44(42,43)18-19(3)4/h19-27,35,38H,6-18H2,1-5H3,(H2,33,39)(H,34,40). The van der Waals surface area contributed by atoms with E-state index >= 15 is 0 Å². The molecule has 0 radical (unpaired) electrons. The number of nitrogens with zero attached hydrogens (tertiary/aromatic N) is 2. The maximum absolute atomic E-state index is 14.2. The Morgan fingerprint density at radius 3 is 2.00 bits per heavy atom. The summed E-state index contributed by atoms with van der Waals surface area (Å²) in [6, 6.07) is -0.957. The summed E-state index contributed by atoms with van der Waals surface area (Å²) in [7, 11) is -2.23. The SMILES string of the molecule is CCCN(CCC)C(=O)C1CC(C(N)=O)CC(C(=O)NC(CC2CC(F)CC(F)C2)C(O)CN(C)NS(=O)(=O)CC(C)C)C1. The third kappa shape index (κ3) is 12.5. The molecule has 2 fully saturated rings.